The van der Waals surface area contributed by atoms with Crippen molar-refractivity contribution in [2.45, 2.75) is 19.5 Å². The molecule has 1 aliphatic heterocycles. The highest BCUT2D eigenvalue weighted by molar-refractivity contribution is 7.13. The molecule has 2 aromatic carbocycles. The highest BCUT2D eigenvalue weighted by Crippen LogP contribution is 2.28. The first kappa shape index (κ1) is 21.1. The summed E-state index contributed by atoms with van der Waals surface area (Å²) in [5, 5.41) is 5.46. The number of ether oxygens (including phenoxy) is 2. The zero-order valence-electron chi connectivity index (χ0n) is 17.6. The van der Waals surface area contributed by atoms with E-state index in [2.05, 4.69) is 39.5 Å². The van der Waals surface area contributed by atoms with Crippen molar-refractivity contribution in [1.29, 1.82) is 0 Å². The third-order valence-electron chi connectivity index (χ3n) is 5.21. The largest absolute Gasteiger partial charge is 0.493 e. The van der Waals surface area contributed by atoms with Gasteiger partial charge in [-0.2, -0.15) is 0 Å². The number of amides is 1. The number of rotatable bonds is 7. The van der Waals surface area contributed by atoms with Gasteiger partial charge in [0, 0.05) is 31.1 Å². The fourth-order valence-corrected chi connectivity index (χ4v) is 4.34. The quantitative estimate of drug-likeness (QED) is 0.559. The highest BCUT2D eigenvalue weighted by Gasteiger charge is 2.17. The summed E-state index contributed by atoms with van der Waals surface area (Å²) in [5.74, 6) is 1.05. The fraction of sp³-hybridized carbons (Fsp3) is 0.250. The standard InChI is InChI=1S/C24H25N3O3S/c1-29-21-9-7-17(13-22(21)30-2)8-10-23(28)26-24-25-20(16-31-24)15-27-12-11-18-5-3-4-6-19(18)14-27/h3-10,13,16H,11-12,14-15H2,1-2H3,(H,25,26,28)/b10-8+. The number of benzene rings is 2. The first-order valence-electron chi connectivity index (χ1n) is 10.1. The molecule has 0 saturated carbocycles. The van der Waals surface area contributed by atoms with Crippen LogP contribution in [-0.2, 0) is 24.3 Å². The minimum atomic E-state index is -0.220. The lowest BCUT2D eigenvalue weighted by molar-refractivity contribution is -0.111. The molecule has 160 valence electrons. The van der Waals surface area contributed by atoms with E-state index in [4.69, 9.17) is 9.47 Å². The predicted octanol–water partition coefficient (Wildman–Crippen LogP) is 4.37. The second kappa shape index (κ2) is 9.76. The van der Waals surface area contributed by atoms with E-state index in [1.807, 2.05) is 23.6 Å². The average Bonchev–Trinajstić information content (AvgIpc) is 3.23. The SMILES string of the molecule is COc1ccc(/C=C/C(=O)Nc2nc(CN3CCc4ccccc4C3)cs2)cc1OC. The van der Waals surface area contributed by atoms with E-state index in [1.165, 1.54) is 28.5 Å². The van der Waals surface area contributed by atoms with E-state index in [1.54, 1.807) is 20.3 Å². The topological polar surface area (TPSA) is 63.7 Å². The molecule has 1 N–H and O–H groups in total. The Morgan fingerprint density at radius 1 is 1.16 bits per heavy atom. The van der Waals surface area contributed by atoms with Crippen LogP contribution in [0.2, 0.25) is 0 Å². The van der Waals surface area contributed by atoms with E-state index in [0.717, 1.165) is 37.3 Å². The average molecular weight is 436 g/mol. The summed E-state index contributed by atoms with van der Waals surface area (Å²) in [6.45, 7) is 2.73. The molecule has 0 aliphatic carbocycles. The molecule has 6 nitrogen and oxygen atoms in total. The van der Waals surface area contributed by atoms with Crippen molar-refractivity contribution in [3.05, 3.63) is 76.3 Å². The van der Waals surface area contributed by atoms with E-state index < -0.39 is 0 Å². The van der Waals surface area contributed by atoms with Gasteiger partial charge in [-0.25, -0.2) is 4.98 Å². The van der Waals surface area contributed by atoms with Gasteiger partial charge in [-0.3, -0.25) is 15.0 Å². The second-order valence-electron chi connectivity index (χ2n) is 7.31. The van der Waals surface area contributed by atoms with E-state index in [-0.39, 0.29) is 5.91 Å². The number of nitrogens with one attached hydrogen (secondary N) is 1. The monoisotopic (exact) mass is 435 g/mol. The Balaban J connectivity index is 1.32. The Morgan fingerprint density at radius 3 is 2.77 bits per heavy atom. The van der Waals surface area contributed by atoms with Gasteiger partial charge < -0.3 is 9.47 Å². The minimum absolute atomic E-state index is 0.220. The molecule has 2 heterocycles. The maximum atomic E-state index is 12.3. The molecule has 0 unspecified atom stereocenters. The third-order valence-corrected chi connectivity index (χ3v) is 6.02. The van der Waals surface area contributed by atoms with E-state index >= 15 is 0 Å². The van der Waals surface area contributed by atoms with E-state index in [0.29, 0.717) is 16.6 Å². The van der Waals surface area contributed by atoms with Crippen molar-refractivity contribution < 1.29 is 14.3 Å². The molecular formula is C24H25N3O3S. The lowest BCUT2D eigenvalue weighted by Gasteiger charge is -2.27. The molecule has 1 amide bonds. The van der Waals surface area contributed by atoms with Gasteiger partial charge in [-0.05, 0) is 41.3 Å². The van der Waals surface area contributed by atoms with Crippen LogP contribution in [0.1, 0.15) is 22.4 Å². The Morgan fingerprint density at radius 2 is 1.97 bits per heavy atom. The van der Waals surface area contributed by atoms with Crippen LogP contribution >= 0.6 is 11.3 Å². The summed E-state index contributed by atoms with van der Waals surface area (Å²) in [6.07, 6.45) is 4.28. The number of nitrogens with zero attached hydrogens (tertiary/aromatic N) is 2. The summed E-state index contributed by atoms with van der Waals surface area (Å²) in [4.78, 5) is 19.3. The van der Waals surface area contributed by atoms with Gasteiger partial charge in [0.1, 0.15) is 0 Å². The second-order valence-corrected chi connectivity index (χ2v) is 8.17. The molecule has 0 fully saturated rings. The Hall–Kier alpha value is -3.16. The van der Waals surface area contributed by atoms with Crippen LogP contribution in [0, 0.1) is 0 Å². The molecule has 1 aliphatic rings. The number of carbonyl (C=O) groups excluding carboxylic acids is 1. The van der Waals surface area contributed by atoms with Gasteiger partial charge in [0.05, 0.1) is 19.9 Å². The van der Waals surface area contributed by atoms with Crippen molar-refractivity contribution in [3.8, 4) is 11.5 Å². The third kappa shape index (κ3) is 5.31. The number of aromatic nitrogens is 1. The predicted molar refractivity (Wildman–Crippen MR) is 124 cm³/mol. The van der Waals surface area contributed by atoms with Crippen LogP contribution in [0.15, 0.2) is 53.9 Å². The molecule has 0 radical (unpaired) electrons. The van der Waals surface area contributed by atoms with Crippen molar-refractivity contribution in [3.63, 3.8) is 0 Å². The summed E-state index contributed by atoms with van der Waals surface area (Å²) in [5.41, 5.74) is 4.64. The number of hydrogen-bond donors (Lipinski definition) is 1. The summed E-state index contributed by atoms with van der Waals surface area (Å²) in [7, 11) is 3.17. The first-order valence-corrected chi connectivity index (χ1v) is 11.0. The fourth-order valence-electron chi connectivity index (χ4n) is 3.63. The summed E-state index contributed by atoms with van der Waals surface area (Å²) >= 11 is 1.44. The number of fused-ring (bicyclic) bond motifs is 1. The molecule has 4 rings (SSSR count). The minimum Gasteiger partial charge on any atom is -0.493 e. The number of thiazole rings is 1. The Kier molecular flexibility index (Phi) is 6.64. The lowest BCUT2D eigenvalue weighted by atomic mass is 10.00. The number of hydrogen-bond acceptors (Lipinski definition) is 6. The van der Waals surface area contributed by atoms with Gasteiger partial charge >= 0.3 is 0 Å². The van der Waals surface area contributed by atoms with Crippen LogP contribution in [0.4, 0.5) is 5.13 Å². The van der Waals surface area contributed by atoms with Gasteiger partial charge in [-0.1, -0.05) is 30.3 Å². The van der Waals surface area contributed by atoms with Crippen molar-refractivity contribution >= 4 is 28.5 Å². The smallest absolute Gasteiger partial charge is 0.250 e. The maximum absolute atomic E-state index is 12.3. The van der Waals surface area contributed by atoms with Crippen molar-refractivity contribution in [2.24, 2.45) is 0 Å². The Labute approximate surface area is 186 Å². The van der Waals surface area contributed by atoms with Crippen LogP contribution in [-0.4, -0.2) is 36.6 Å². The van der Waals surface area contributed by atoms with Gasteiger partial charge in [-0.15, -0.1) is 11.3 Å². The molecule has 3 aromatic rings. The molecule has 0 bridgehead atoms. The number of carbonyl (C=O) groups is 1. The van der Waals surface area contributed by atoms with Crippen molar-refractivity contribution in [2.75, 3.05) is 26.1 Å². The zero-order valence-corrected chi connectivity index (χ0v) is 18.4. The number of anilines is 1. The molecule has 31 heavy (non-hydrogen) atoms. The normalized spacial score (nSPS) is 13.7. The van der Waals surface area contributed by atoms with Crippen LogP contribution in [0.5, 0.6) is 11.5 Å². The molecule has 0 spiro atoms. The molecule has 1 aromatic heterocycles. The Bertz CT molecular complexity index is 1090. The van der Waals surface area contributed by atoms with Crippen LogP contribution < -0.4 is 14.8 Å². The van der Waals surface area contributed by atoms with Gasteiger partial charge in [0.15, 0.2) is 16.6 Å². The van der Waals surface area contributed by atoms with Gasteiger partial charge in [0.2, 0.25) is 5.91 Å². The molecule has 7 heteroatoms. The van der Waals surface area contributed by atoms with E-state index in [9.17, 15) is 4.79 Å². The molecule has 0 atom stereocenters. The summed E-state index contributed by atoms with van der Waals surface area (Å²) in [6, 6.07) is 14.1. The molecular weight excluding hydrogens is 410 g/mol. The van der Waals surface area contributed by atoms with Crippen molar-refractivity contribution in [1.82, 2.24) is 9.88 Å². The zero-order chi connectivity index (χ0) is 21.6. The lowest BCUT2D eigenvalue weighted by Crippen LogP contribution is -2.30. The number of methoxy groups -OCH3 is 2. The highest BCUT2D eigenvalue weighted by atomic mass is 32.1. The summed E-state index contributed by atoms with van der Waals surface area (Å²) < 4.78 is 10.5. The van der Waals surface area contributed by atoms with Crippen LogP contribution in [0.25, 0.3) is 6.08 Å². The van der Waals surface area contributed by atoms with Crippen LogP contribution in [0.3, 0.4) is 0 Å². The van der Waals surface area contributed by atoms with Gasteiger partial charge in [0.25, 0.3) is 0 Å². The maximum Gasteiger partial charge on any atom is 0.250 e. The molecule has 0 saturated heterocycles. The first-order chi connectivity index (χ1) is 15.1.